The highest BCUT2D eigenvalue weighted by molar-refractivity contribution is 7.08. The largest absolute Gasteiger partial charge is 0.338 e. The van der Waals surface area contributed by atoms with Gasteiger partial charge in [0, 0.05) is 17.7 Å². The first-order valence-corrected chi connectivity index (χ1v) is 11.5. The van der Waals surface area contributed by atoms with Crippen molar-refractivity contribution in [3.8, 4) is 0 Å². The Morgan fingerprint density at radius 2 is 2.22 bits per heavy atom. The molecule has 2 heterocycles. The number of carbonyl (C=O) groups is 1. The van der Waals surface area contributed by atoms with E-state index in [1.165, 1.54) is 24.1 Å². The smallest absolute Gasteiger partial charge is 0.333 e. The molecule has 0 aromatic carbocycles. The number of hydrogen-bond acceptors (Lipinski definition) is 3. The molecule has 0 spiro atoms. The minimum atomic E-state index is -0.00342. The van der Waals surface area contributed by atoms with E-state index >= 15 is 0 Å². The Hall–Kier alpha value is -1.36. The molecule has 4 rings (SSSR count). The van der Waals surface area contributed by atoms with Gasteiger partial charge in [-0.1, -0.05) is 34.1 Å². The second-order valence-corrected chi connectivity index (χ2v) is 10.3. The van der Waals surface area contributed by atoms with Crippen molar-refractivity contribution >= 4 is 23.1 Å². The highest BCUT2D eigenvalue weighted by Crippen LogP contribution is 2.65. The minimum absolute atomic E-state index is 0.00342. The third-order valence-electron chi connectivity index (χ3n) is 8.07. The molecule has 148 valence electrons. The van der Waals surface area contributed by atoms with Crippen LogP contribution in [0.4, 0.5) is 4.79 Å². The van der Waals surface area contributed by atoms with Crippen molar-refractivity contribution in [3.05, 3.63) is 22.4 Å². The number of fused-ring (bicyclic) bond motifs is 2. The zero-order valence-corrected chi connectivity index (χ0v) is 17.9. The number of rotatable bonds is 5. The Labute approximate surface area is 167 Å². The molecule has 1 aromatic heterocycles. The second kappa shape index (κ2) is 6.91. The monoisotopic (exact) mass is 387 g/mol. The summed E-state index contributed by atoms with van der Waals surface area (Å²) in [6.45, 7) is 10.0. The van der Waals surface area contributed by atoms with Crippen molar-refractivity contribution < 1.29 is 4.79 Å². The van der Waals surface area contributed by atoms with Crippen LogP contribution in [0.1, 0.15) is 77.7 Å². The first kappa shape index (κ1) is 19.0. The highest BCUT2D eigenvalue weighted by Gasteiger charge is 2.61. The van der Waals surface area contributed by atoms with Crippen LogP contribution < -0.4 is 5.32 Å². The number of carbonyl (C=O) groups excluding carboxylic acids is 1. The summed E-state index contributed by atoms with van der Waals surface area (Å²) in [6, 6.07) is 2.45. The fourth-order valence-electron chi connectivity index (χ4n) is 5.67. The zero-order chi connectivity index (χ0) is 19.2. The molecule has 2 saturated carbocycles. The van der Waals surface area contributed by atoms with Crippen molar-refractivity contribution in [2.24, 2.45) is 21.8 Å². The number of amides is 2. The van der Waals surface area contributed by atoms with E-state index in [1.807, 2.05) is 0 Å². The van der Waals surface area contributed by atoms with Gasteiger partial charge in [0.2, 0.25) is 0 Å². The molecule has 1 N–H and O–H groups in total. The molecule has 2 bridgehead atoms. The van der Waals surface area contributed by atoms with Crippen molar-refractivity contribution in [1.29, 1.82) is 0 Å². The molecule has 1 unspecified atom stereocenters. The molecule has 2 fully saturated rings. The lowest BCUT2D eigenvalue weighted by Gasteiger charge is -2.39. The van der Waals surface area contributed by atoms with Crippen LogP contribution in [0.15, 0.2) is 21.9 Å². The number of hydrogen-bond donors (Lipinski definition) is 1. The Bertz CT molecular complexity index is 726. The van der Waals surface area contributed by atoms with Crippen LogP contribution >= 0.6 is 11.3 Å². The molecule has 4 atom stereocenters. The van der Waals surface area contributed by atoms with Gasteiger partial charge in [-0.05, 0) is 71.2 Å². The molecule has 3 aliphatic rings. The Balaban J connectivity index is 1.47. The standard InChI is InChI=1S/C22H33N3OS/c1-5-6-7-18-17(15-9-11-27-14-15)13-25(24-18)20(26)23-19-12-16-8-10-22(19,4)21(16,2)3/h9,11,14,16-17,19H,5-8,10,12-13H2,1-4H3,(H,23,26)/t16-,17?,19+,22+/m1/s1. The number of unbranched alkanes of at least 4 members (excludes halogenated alkanes) is 1. The number of nitrogens with one attached hydrogen (secondary N) is 1. The molecule has 27 heavy (non-hydrogen) atoms. The fourth-order valence-corrected chi connectivity index (χ4v) is 6.39. The average Bonchev–Trinajstić information content (AvgIpc) is 3.37. The first-order valence-electron chi connectivity index (χ1n) is 10.5. The van der Waals surface area contributed by atoms with Crippen molar-refractivity contribution in [2.45, 2.75) is 78.2 Å². The van der Waals surface area contributed by atoms with Gasteiger partial charge >= 0.3 is 6.03 Å². The van der Waals surface area contributed by atoms with E-state index in [9.17, 15) is 4.79 Å². The van der Waals surface area contributed by atoms with Gasteiger partial charge in [0.1, 0.15) is 0 Å². The summed E-state index contributed by atoms with van der Waals surface area (Å²) in [5.74, 6) is 0.995. The van der Waals surface area contributed by atoms with Gasteiger partial charge in [0.25, 0.3) is 0 Å². The topological polar surface area (TPSA) is 44.7 Å². The van der Waals surface area contributed by atoms with Gasteiger partial charge < -0.3 is 5.32 Å². The lowest BCUT2D eigenvalue weighted by Crippen LogP contribution is -2.50. The molecule has 2 aliphatic carbocycles. The lowest BCUT2D eigenvalue weighted by atomic mass is 9.69. The lowest BCUT2D eigenvalue weighted by molar-refractivity contribution is 0.118. The minimum Gasteiger partial charge on any atom is -0.333 e. The third-order valence-corrected chi connectivity index (χ3v) is 8.77. The van der Waals surface area contributed by atoms with Gasteiger partial charge in [-0.25, -0.2) is 9.80 Å². The van der Waals surface area contributed by atoms with Crippen LogP contribution in [0.5, 0.6) is 0 Å². The summed E-state index contributed by atoms with van der Waals surface area (Å²) in [4.78, 5) is 13.1. The number of hydrazone groups is 1. The fraction of sp³-hybridized carbons (Fsp3) is 0.727. The van der Waals surface area contributed by atoms with Crippen LogP contribution in [-0.4, -0.2) is 29.3 Å². The van der Waals surface area contributed by atoms with Crippen molar-refractivity contribution in [2.75, 3.05) is 6.54 Å². The normalized spacial score (nSPS) is 34.1. The van der Waals surface area contributed by atoms with Gasteiger partial charge in [0.15, 0.2) is 0 Å². The van der Waals surface area contributed by atoms with Crippen LogP contribution in [-0.2, 0) is 0 Å². The Morgan fingerprint density at radius 1 is 1.41 bits per heavy atom. The van der Waals surface area contributed by atoms with Gasteiger partial charge in [-0.15, -0.1) is 0 Å². The number of urea groups is 1. The van der Waals surface area contributed by atoms with Crippen LogP contribution in [0.25, 0.3) is 0 Å². The summed E-state index contributed by atoms with van der Waals surface area (Å²) in [5, 5.41) is 14.2. The second-order valence-electron chi connectivity index (χ2n) is 9.50. The predicted molar refractivity (Wildman–Crippen MR) is 112 cm³/mol. The summed E-state index contributed by atoms with van der Waals surface area (Å²) >= 11 is 1.72. The number of thiophene rings is 1. The Morgan fingerprint density at radius 3 is 2.81 bits per heavy atom. The van der Waals surface area contributed by atoms with Gasteiger partial charge in [-0.3, -0.25) is 0 Å². The molecule has 5 heteroatoms. The maximum absolute atomic E-state index is 13.1. The molecule has 2 amide bonds. The average molecular weight is 388 g/mol. The van der Waals surface area contributed by atoms with E-state index in [0.717, 1.165) is 31.6 Å². The highest BCUT2D eigenvalue weighted by atomic mass is 32.1. The maximum Gasteiger partial charge on any atom is 0.338 e. The molecular formula is C22H33N3OS. The zero-order valence-electron chi connectivity index (χ0n) is 17.1. The van der Waals surface area contributed by atoms with Crippen molar-refractivity contribution in [1.82, 2.24) is 10.3 Å². The first-order chi connectivity index (χ1) is 12.9. The van der Waals surface area contributed by atoms with E-state index < -0.39 is 0 Å². The predicted octanol–water partition coefficient (Wildman–Crippen LogP) is 5.62. The summed E-state index contributed by atoms with van der Waals surface area (Å²) < 4.78 is 0. The summed E-state index contributed by atoms with van der Waals surface area (Å²) in [6.07, 6.45) is 6.90. The summed E-state index contributed by atoms with van der Waals surface area (Å²) in [7, 11) is 0. The molecule has 0 radical (unpaired) electrons. The molecular weight excluding hydrogens is 354 g/mol. The maximum atomic E-state index is 13.1. The molecule has 1 aliphatic heterocycles. The van der Waals surface area contributed by atoms with E-state index in [4.69, 9.17) is 5.10 Å². The molecule has 4 nitrogen and oxygen atoms in total. The van der Waals surface area contributed by atoms with E-state index in [1.54, 1.807) is 16.3 Å². The van der Waals surface area contributed by atoms with Crippen LogP contribution in [0, 0.1) is 16.7 Å². The SMILES string of the molecule is CCCCC1=NN(C(=O)N[C@H]2C[C@H]3CC[C@]2(C)C3(C)C)CC1c1ccsc1. The third kappa shape index (κ3) is 3.02. The van der Waals surface area contributed by atoms with E-state index in [2.05, 4.69) is 49.8 Å². The summed E-state index contributed by atoms with van der Waals surface area (Å²) in [5.41, 5.74) is 2.99. The van der Waals surface area contributed by atoms with Crippen LogP contribution in [0.2, 0.25) is 0 Å². The Kier molecular flexibility index (Phi) is 4.86. The quantitative estimate of drug-likeness (QED) is 0.700. The van der Waals surface area contributed by atoms with Crippen LogP contribution in [0.3, 0.4) is 0 Å². The van der Waals surface area contributed by atoms with E-state index in [-0.39, 0.29) is 23.4 Å². The number of nitrogens with zero attached hydrogens (tertiary/aromatic N) is 2. The molecule has 0 saturated heterocycles. The van der Waals surface area contributed by atoms with Gasteiger partial charge in [0.05, 0.1) is 6.54 Å². The van der Waals surface area contributed by atoms with E-state index in [0.29, 0.717) is 12.0 Å². The van der Waals surface area contributed by atoms with Crippen molar-refractivity contribution in [3.63, 3.8) is 0 Å². The van der Waals surface area contributed by atoms with Gasteiger partial charge in [-0.2, -0.15) is 16.4 Å². The molecule has 1 aromatic rings.